The summed E-state index contributed by atoms with van der Waals surface area (Å²) in [6.07, 6.45) is 0. The zero-order valence-electron chi connectivity index (χ0n) is 8.29. The molecule has 2 rings (SSSR count). The van der Waals surface area contributed by atoms with Crippen LogP contribution in [-0.4, -0.2) is 23.9 Å². The van der Waals surface area contributed by atoms with E-state index >= 15 is 0 Å². The quantitative estimate of drug-likeness (QED) is 0.753. The number of benzene rings is 1. The van der Waals surface area contributed by atoms with Crippen molar-refractivity contribution >= 4 is 5.91 Å². The van der Waals surface area contributed by atoms with Crippen LogP contribution in [0.4, 0.5) is 0 Å². The molecule has 1 amide bonds. The van der Waals surface area contributed by atoms with Crippen molar-refractivity contribution in [3.8, 4) is 0 Å². The number of hydrogen-bond donors (Lipinski definition) is 1. The van der Waals surface area contributed by atoms with E-state index in [1.165, 1.54) is 0 Å². The van der Waals surface area contributed by atoms with Crippen LogP contribution in [0.15, 0.2) is 18.2 Å². The third kappa shape index (κ3) is 1.40. The van der Waals surface area contributed by atoms with E-state index in [0.717, 1.165) is 16.7 Å². The number of hydrogen-bond acceptors (Lipinski definition) is 2. The third-order valence-corrected chi connectivity index (χ3v) is 2.54. The van der Waals surface area contributed by atoms with Crippen LogP contribution in [0.1, 0.15) is 21.5 Å². The lowest BCUT2D eigenvalue weighted by Crippen LogP contribution is -2.29. The van der Waals surface area contributed by atoms with E-state index < -0.39 is 0 Å². The predicted octanol–water partition coefficient (Wildman–Crippen LogP) is 0.910. The maximum absolute atomic E-state index is 11.8. The molecule has 1 aromatic rings. The van der Waals surface area contributed by atoms with Crippen molar-refractivity contribution in [3.63, 3.8) is 0 Å². The molecule has 74 valence electrons. The van der Waals surface area contributed by atoms with Gasteiger partial charge < -0.3 is 10.6 Å². The number of amides is 1. The summed E-state index contributed by atoms with van der Waals surface area (Å²) in [4.78, 5) is 13.6. The molecule has 0 bridgehead atoms. The van der Waals surface area contributed by atoms with E-state index in [4.69, 9.17) is 5.73 Å². The number of nitrogens with two attached hydrogens (primary N) is 1. The van der Waals surface area contributed by atoms with Gasteiger partial charge in [-0.05, 0) is 18.6 Å². The fraction of sp³-hybridized carbons (Fsp3) is 0.364. The summed E-state index contributed by atoms with van der Waals surface area (Å²) in [6, 6.07) is 6.02. The molecule has 1 aliphatic heterocycles. The maximum Gasteiger partial charge on any atom is 0.254 e. The zero-order valence-corrected chi connectivity index (χ0v) is 8.29. The molecule has 0 unspecified atom stereocenters. The van der Waals surface area contributed by atoms with Crippen LogP contribution in [0.2, 0.25) is 0 Å². The molecular formula is C11H14N2O. The number of aryl methyl sites for hydroxylation is 1. The largest absolute Gasteiger partial charge is 0.333 e. The highest BCUT2D eigenvalue weighted by molar-refractivity contribution is 5.98. The van der Waals surface area contributed by atoms with Crippen molar-refractivity contribution < 1.29 is 4.79 Å². The molecule has 0 fully saturated rings. The Hall–Kier alpha value is -1.35. The van der Waals surface area contributed by atoms with Crippen molar-refractivity contribution in [2.45, 2.75) is 13.5 Å². The molecule has 3 nitrogen and oxygen atoms in total. The molecule has 1 aliphatic rings. The van der Waals surface area contributed by atoms with Gasteiger partial charge in [-0.25, -0.2) is 0 Å². The molecule has 0 atom stereocenters. The molecule has 0 radical (unpaired) electrons. The molecule has 1 heterocycles. The monoisotopic (exact) mass is 190 g/mol. The highest BCUT2D eigenvalue weighted by Crippen LogP contribution is 2.22. The van der Waals surface area contributed by atoms with Crippen LogP contribution in [0.25, 0.3) is 0 Å². The Balaban J connectivity index is 2.31. The van der Waals surface area contributed by atoms with Gasteiger partial charge in [-0.1, -0.05) is 17.7 Å². The lowest BCUT2D eigenvalue weighted by Gasteiger charge is -2.13. The zero-order chi connectivity index (χ0) is 10.1. The summed E-state index contributed by atoms with van der Waals surface area (Å²) < 4.78 is 0. The van der Waals surface area contributed by atoms with Gasteiger partial charge in [0.25, 0.3) is 5.91 Å². The van der Waals surface area contributed by atoms with Crippen LogP contribution in [-0.2, 0) is 6.54 Å². The predicted molar refractivity (Wildman–Crippen MR) is 55.0 cm³/mol. The van der Waals surface area contributed by atoms with Gasteiger partial charge in [-0.3, -0.25) is 4.79 Å². The summed E-state index contributed by atoms with van der Waals surface area (Å²) in [5.41, 5.74) is 8.54. The summed E-state index contributed by atoms with van der Waals surface area (Å²) in [7, 11) is 0. The van der Waals surface area contributed by atoms with Crippen molar-refractivity contribution in [3.05, 3.63) is 34.9 Å². The van der Waals surface area contributed by atoms with E-state index in [9.17, 15) is 4.79 Å². The number of carbonyl (C=O) groups is 1. The first-order chi connectivity index (χ1) is 6.72. The number of nitrogens with zero attached hydrogens (tertiary/aromatic N) is 1. The second kappa shape index (κ2) is 3.42. The molecule has 0 saturated carbocycles. The van der Waals surface area contributed by atoms with Crippen molar-refractivity contribution in [1.29, 1.82) is 0 Å². The number of fused-ring (bicyclic) bond motifs is 1. The standard InChI is InChI=1S/C11H14N2O/c1-8-2-3-9-7-13(5-4-12)11(14)10(9)6-8/h2-3,6H,4-5,7,12H2,1H3. The van der Waals surface area contributed by atoms with E-state index in [2.05, 4.69) is 0 Å². The van der Waals surface area contributed by atoms with Crippen molar-refractivity contribution in [1.82, 2.24) is 4.90 Å². The lowest BCUT2D eigenvalue weighted by molar-refractivity contribution is 0.0783. The minimum absolute atomic E-state index is 0.120. The third-order valence-electron chi connectivity index (χ3n) is 2.54. The first-order valence-corrected chi connectivity index (χ1v) is 4.81. The average Bonchev–Trinajstić information content (AvgIpc) is 2.46. The van der Waals surface area contributed by atoms with Gasteiger partial charge in [0.2, 0.25) is 0 Å². The van der Waals surface area contributed by atoms with E-state index in [1.807, 2.05) is 25.1 Å². The molecule has 2 N–H and O–H groups in total. The second-order valence-electron chi connectivity index (χ2n) is 3.68. The minimum atomic E-state index is 0.120. The van der Waals surface area contributed by atoms with Crippen LogP contribution in [0, 0.1) is 6.92 Å². The van der Waals surface area contributed by atoms with Gasteiger partial charge >= 0.3 is 0 Å². The van der Waals surface area contributed by atoms with Crippen LogP contribution >= 0.6 is 0 Å². The number of carbonyl (C=O) groups excluding carboxylic acids is 1. The molecule has 0 aliphatic carbocycles. The van der Waals surface area contributed by atoms with Crippen molar-refractivity contribution in [2.75, 3.05) is 13.1 Å². The first kappa shape index (κ1) is 9.21. The molecule has 14 heavy (non-hydrogen) atoms. The van der Waals surface area contributed by atoms with Crippen molar-refractivity contribution in [2.24, 2.45) is 5.73 Å². The van der Waals surface area contributed by atoms with Gasteiger partial charge in [-0.2, -0.15) is 0 Å². The Morgan fingerprint density at radius 2 is 2.29 bits per heavy atom. The molecule has 0 spiro atoms. The van der Waals surface area contributed by atoms with Gasteiger partial charge in [0.1, 0.15) is 0 Å². The van der Waals surface area contributed by atoms with E-state index in [0.29, 0.717) is 19.6 Å². The molecule has 0 aromatic heterocycles. The second-order valence-corrected chi connectivity index (χ2v) is 3.68. The Labute approximate surface area is 83.5 Å². The van der Waals surface area contributed by atoms with Gasteiger partial charge in [0.15, 0.2) is 0 Å². The Kier molecular flexibility index (Phi) is 2.25. The Morgan fingerprint density at radius 3 is 3.00 bits per heavy atom. The van der Waals surface area contributed by atoms with Gasteiger partial charge in [0, 0.05) is 25.2 Å². The van der Waals surface area contributed by atoms with E-state index in [-0.39, 0.29) is 5.91 Å². The van der Waals surface area contributed by atoms with Crippen LogP contribution in [0.3, 0.4) is 0 Å². The van der Waals surface area contributed by atoms with E-state index in [1.54, 1.807) is 4.90 Å². The summed E-state index contributed by atoms with van der Waals surface area (Å²) in [6.45, 7) is 3.88. The number of rotatable bonds is 2. The molecule has 3 heteroatoms. The fourth-order valence-electron chi connectivity index (χ4n) is 1.81. The smallest absolute Gasteiger partial charge is 0.254 e. The first-order valence-electron chi connectivity index (χ1n) is 4.81. The Morgan fingerprint density at radius 1 is 1.50 bits per heavy atom. The molecule has 0 saturated heterocycles. The summed E-state index contributed by atoms with van der Waals surface area (Å²) >= 11 is 0. The SMILES string of the molecule is Cc1ccc2c(c1)C(=O)N(CCN)C2. The Bertz CT molecular complexity index is 374. The molecular weight excluding hydrogens is 176 g/mol. The maximum atomic E-state index is 11.8. The fourth-order valence-corrected chi connectivity index (χ4v) is 1.81. The highest BCUT2D eigenvalue weighted by Gasteiger charge is 2.26. The summed E-state index contributed by atoms with van der Waals surface area (Å²) in [5, 5.41) is 0. The minimum Gasteiger partial charge on any atom is -0.333 e. The van der Waals surface area contributed by atoms with Crippen LogP contribution < -0.4 is 5.73 Å². The highest BCUT2D eigenvalue weighted by atomic mass is 16.2. The average molecular weight is 190 g/mol. The summed E-state index contributed by atoms with van der Waals surface area (Å²) in [5.74, 6) is 0.120. The van der Waals surface area contributed by atoms with Gasteiger partial charge in [0.05, 0.1) is 0 Å². The van der Waals surface area contributed by atoms with Gasteiger partial charge in [-0.15, -0.1) is 0 Å². The normalized spacial score (nSPS) is 14.7. The van der Waals surface area contributed by atoms with Crippen LogP contribution in [0.5, 0.6) is 0 Å². The lowest BCUT2D eigenvalue weighted by atomic mass is 10.1. The topological polar surface area (TPSA) is 46.3 Å². The molecule has 1 aromatic carbocycles.